The van der Waals surface area contributed by atoms with Gasteiger partial charge in [0.2, 0.25) is 5.95 Å². The average molecular weight is 420 g/mol. The number of nitro groups is 1. The highest BCUT2D eigenvalue weighted by Crippen LogP contribution is 2.35. The second-order valence-electron chi connectivity index (χ2n) is 7.04. The minimum absolute atomic E-state index is 0.112. The number of aryl methyl sites for hydroxylation is 1. The zero-order chi connectivity index (χ0) is 22.2. The van der Waals surface area contributed by atoms with Crippen LogP contribution in [0.5, 0.6) is 0 Å². The van der Waals surface area contributed by atoms with Crippen molar-refractivity contribution in [1.82, 2.24) is 15.0 Å². The van der Waals surface area contributed by atoms with E-state index >= 15 is 0 Å². The van der Waals surface area contributed by atoms with Gasteiger partial charge in [0, 0.05) is 37.3 Å². The van der Waals surface area contributed by atoms with Gasteiger partial charge in [0.05, 0.1) is 28.2 Å². The highest BCUT2D eigenvalue weighted by atomic mass is 19.4. The number of nitrogens with zero attached hydrogens (tertiary/aromatic N) is 5. The Kier molecular flexibility index (Phi) is 5.47. The normalized spacial score (nSPS) is 12.6. The van der Waals surface area contributed by atoms with Gasteiger partial charge in [0.1, 0.15) is 5.82 Å². The molecule has 0 spiro atoms. The van der Waals surface area contributed by atoms with Crippen molar-refractivity contribution in [3.63, 3.8) is 0 Å². The number of nitro benzene ring substituents is 1. The molecule has 2 heterocycles. The highest BCUT2D eigenvalue weighted by Gasteiger charge is 2.33. The van der Waals surface area contributed by atoms with Gasteiger partial charge in [-0.05, 0) is 31.5 Å². The molecule has 1 N–H and O–H groups in total. The number of anilines is 2. The summed E-state index contributed by atoms with van der Waals surface area (Å²) in [6.45, 7) is 3.40. The molecular formula is C19H19F3N6O2. The van der Waals surface area contributed by atoms with E-state index in [1.54, 1.807) is 45.1 Å². The summed E-state index contributed by atoms with van der Waals surface area (Å²) in [7, 11) is 3.51. The molecule has 0 unspecified atom stereocenters. The van der Waals surface area contributed by atoms with E-state index in [2.05, 4.69) is 20.3 Å². The molecule has 0 fully saturated rings. The molecule has 8 nitrogen and oxygen atoms in total. The number of alkyl halides is 3. The Morgan fingerprint density at radius 3 is 2.47 bits per heavy atom. The predicted molar refractivity (Wildman–Crippen MR) is 107 cm³/mol. The fourth-order valence-electron chi connectivity index (χ4n) is 2.88. The van der Waals surface area contributed by atoms with E-state index in [1.165, 1.54) is 0 Å². The van der Waals surface area contributed by atoms with Crippen molar-refractivity contribution in [3.05, 3.63) is 57.4 Å². The van der Waals surface area contributed by atoms with Crippen LogP contribution >= 0.6 is 0 Å². The van der Waals surface area contributed by atoms with Crippen LogP contribution in [0.1, 0.15) is 29.8 Å². The third kappa shape index (κ3) is 4.39. The number of fused-ring (bicyclic) bond motifs is 1. The summed E-state index contributed by atoms with van der Waals surface area (Å²) >= 11 is 0. The number of benzene rings is 1. The minimum atomic E-state index is -4.71. The van der Waals surface area contributed by atoms with Gasteiger partial charge in [-0.15, -0.1) is 0 Å². The molecule has 1 atom stereocenters. The Morgan fingerprint density at radius 2 is 1.87 bits per heavy atom. The molecule has 0 saturated heterocycles. The van der Waals surface area contributed by atoms with E-state index < -0.39 is 28.4 Å². The van der Waals surface area contributed by atoms with Crippen LogP contribution in [-0.2, 0) is 6.18 Å². The quantitative estimate of drug-likeness (QED) is 0.479. The molecule has 0 aliphatic heterocycles. The van der Waals surface area contributed by atoms with Crippen LogP contribution in [-0.4, -0.2) is 34.0 Å². The third-order valence-corrected chi connectivity index (χ3v) is 4.44. The number of pyridine rings is 1. The average Bonchev–Trinajstić information content (AvgIpc) is 2.66. The molecule has 0 bridgehead atoms. The SMILES string of the molecule is Cc1cc2c(N[C@H](C)c3cc([N+](=O)[O-])cc(C(F)(F)F)c3)nc(N(C)C)nc2cn1. The van der Waals surface area contributed by atoms with Crippen LogP contribution in [0.25, 0.3) is 10.9 Å². The first-order valence-electron chi connectivity index (χ1n) is 8.90. The van der Waals surface area contributed by atoms with Crippen molar-refractivity contribution in [2.75, 3.05) is 24.3 Å². The summed E-state index contributed by atoms with van der Waals surface area (Å²) in [5.41, 5.74) is -0.324. The van der Waals surface area contributed by atoms with Crippen molar-refractivity contribution in [1.29, 1.82) is 0 Å². The van der Waals surface area contributed by atoms with Crippen LogP contribution in [0.3, 0.4) is 0 Å². The Morgan fingerprint density at radius 1 is 1.17 bits per heavy atom. The van der Waals surface area contributed by atoms with E-state index in [0.29, 0.717) is 34.4 Å². The van der Waals surface area contributed by atoms with Gasteiger partial charge in [-0.2, -0.15) is 18.2 Å². The lowest BCUT2D eigenvalue weighted by atomic mass is 10.0. The first-order chi connectivity index (χ1) is 14.0. The van der Waals surface area contributed by atoms with Crippen molar-refractivity contribution >= 4 is 28.4 Å². The first kappa shape index (κ1) is 21.2. The van der Waals surface area contributed by atoms with Crippen molar-refractivity contribution in [3.8, 4) is 0 Å². The monoisotopic (exact) mass is 420 g/mol. The molecule has 0 aliphatic rings. The molecule has 1 aromatic carbocycles. The Labute approximate surface area is 169 Å². The predicted octanol–water partition coefficient (Wildman–Crippen LogP) is 4.50. The number of aromatic nitrogens is 3. The molecule has 158 valence electrons. The second-order valence-corrected chi connectivity index (χ2v) is 7.04. The number of nitrogens with one attached hydrogen (secondary N) is 1. The zero-order valence-electron chi connectivity index (χ0n) is 16.7. The van der Waals surface area contributed by atoms with Crippen LogP contribution in [0.4, 0.5) is 30.6 Å². The standard InChI is InChI=1S/C19H19F3N6O2/c1-10-5-15-16(9-23-10)25-18(27(3)4)26-17(15)24-11(2)12-6-13(19(20,21)22)8-14(7-12)28(29)30/h5-9,11H,1-4H3,(H,24,25,26)/t11-/m1/s1. The van der Waals surface area contributed by atoms with E-state index in [9.17, 15) is 23.3 Å². The lowest BCUT2D eigenvalue weighted by molar-refractivity contribution is -0.385. The van der Waals surface area contributed by atoms with Gasteiger partial charge >= 0.3 is 6.18 Å². The summed E-state index contributed by atoms with van der Waals surface area (Å²) in [6.07, 6.45) is -3.12. The topological polar surface area (TPSA) is 97.1 Å². The molecule has 3 rings (SSSR count). The van der Waals surface area contributed by atoms with Crippen LogP contribution in [0, 0.1) is 17.0 Å². The van der Waals surface area contributed by atoms with Gasteiger partial charge in [0.15, 0.2) is 0 Å². The van der Waals surface area contributed by atoms with Gasteiger partial charge in [-0.1, -0.05) is 0 Å². The van der Waals surface area contributed by atoms with Gasteiger partial charge < -0.3 is 10.2 Å². The molecule has 11 heteroatoms. The van der Waals surface area contributed by atoms with Gasteiger partial charge in [-0.3, -0.25) is 15.1 Å². The fraction of sp³-hybridized carbons (Fsp3) is 0.316. The lowest BCUT2D eigenvalue weighted by Crippen LogP contribution is -2.16. The first-order valence-corrected chi connectivity index (χ1v) is 8.90. The molecule has 0 amide bonds. The number of rotatable bonds is 5. The second kappa shape index (κ2) is 7.73. The minimum Gasteiger partial charge on any atom is -0.363 e. The maximum absolute atomic E-state index is 13.2. The maximum atomic E-state index is 13.2. The Bertz CT molecular complexity index is 1120. The molecule has 0 saturated carbocycles. The molecule has 3 aromatic rings. The van der Waals surface area contributed by atoms with E-state index in [-0.39, 0.29) is 5.56 Å². The van der Waals surface area contributed by atoms with E-state index in [4.69, 9.17) is 0 Å². The fourth-order valence-corrected chi connectivity index (χ4v) is 2.88. The van der Waals surface area contributed by atoms with Gasteiger partial charge in [0.25, 0.3) is 5.69 Å². The van der Waals surface area contributed by atoms with Crippen LogP contribution in [0.15, 0.2) is 30.5 Å². The maximum Gasteiger partial charge on any atom is 0.416 e. The van der Waals surface area contributed by atoms with E-state index in [0.717, 1.165) is 12.1 Å². The molecule has 30 heavy (non-hydrogen) atoms. The number of hydrogen-bond acceptors (Lipinski definition) is 7. The summed E-state index contributed by atoms with van der Waals surface area (Å²) in [6, 6.07) is 3.60. The number of non-ortho nitro benzene ring substituents is 1. The Balaban J connectivity index is 2.08. The summed E-state index contributed by atoms with van der Waals surface area (Å²) in [4.78, 5) is 25.1. The van der Waals surface area contributed by atoms with Crippen molar-refractivity contribution < 1.29 is 18.1 Å². The molecule has 2 aromatic heterocycles. The summed E-state index contributed by atoms with van der Waals surface area (Å²) in [5.74, 6) is 0.777. The third-order valence-electron chi connectivity index (χ3n) is 4.44. The summed E-state index contributed by atoms with van der Waals surface area (Å²) < 4.78 is 39.7. The largest absolute Gasteiger partial charge is 0.416 e. The smallest absolute Gasteiger partial charge is 0.363 e. The highest BCUT2D eigenvalue weighted by molar-refractivity contribution is 5.90. The molecule has 0 aliphatic carbocycles. The van der Waals surface area contributed by atoms with Crippen molar-refractivity contribution in [2.24, 2.45) is 0 Å². The van der Waals surface area contributed by atoms with Gasteiger partial charge in [-0.25, -0.2) is 4.98 Å². The molecule has 0 radical (unpaired) electrons. The zero-order valence-corrected chi connectivity index (χ0v) is 16.7. The van der Waals surface area contributed by atoms with Crippen LogP contribution in [0.2, 0.25) is 0 Å². The number of hydrogen-bond donors (Lipinski definition) is 1. The molecular weight excluding hydrogens is 401 g/mol. The van der Waals surface area contributed by atoms with E-state index in [1.807, 2.05) is 0 Å². The van der Waals surface area contributed by atoms with Crippen LogP contribution < -0.4 is 10.2 Å². The van der Waals surface area contributed by atoms with Crippen molar-refractivity contribution in [2.45, 2.75) is 26.1 Å². The summed E-state index contributed by atoms with van der Waals surface area (Å²) in [5, 5.41) is 14.8. The number of halogens is 3. The lowest BCUT2D eigenvalue weighted by Gasteiger charge is -2.20. The Hall–Kier alpha value is -3.50.